The van der Waals surface area contributed by atoms with Crippen LogP contribution in [0.25, 0.3) is 83.2 Å². The molecule has 0 atom stereocenters. The van der Waals surface area contributed by atoms with E-state index in [4.69, 9.17) is 14.4 Å². The second kappa shape index (κ2) is 17.4. The summed E-state index contributed by atoms with van der Waals surface area (Å²) in [4.78, 5) is 9.95. The standard InChI is InChI=1S/C31H27N2O.C24H22GeN.Ir/c1-19(2)21-12-9-13-22(20(3)4)29(21)33-27-17-7-6-16-26(27)32-31(33)25-15-10-14-24-23-11-5-8-18-28(23)34-30(24)25;1-25(2,3)23-17-26-24(19-11-5-4-6-12-19)16-22(23)21-15-9-13-18-10-7-8-14-20(18)21;/h5-14,16-20H,1-4H3;4-11,13-17H,1-3H3;/q2*-1;. The van der Waals surface area contributed by atoms with E-state index in [1.54, 1.807) is 0 Å². The van der Waals surface area contributed by atoms with Crippen LogP contribution in [0.2, 0.25) is 17.3 Å². The molecule has 0 aliphatic carbocycles. The molecule has 4 nitrogen and oxygen atoms in total. The van der Waals surface area contributed by atoms with Gasteiger partial charge in [-0.2, -0.15) is 0 Å². The maximum atomic E-state index is 6.40. The van der Waals surface area contributed by atoms with E-state index in [0.29, 0.717) is 11.8 Å². The first-order valence-electron chi connectivity index (χ1n) is 21.0. The Kier molecular flexibility index (Phi) is 12.0. The minimum Gasteiger partial charge on any atom is 0 e. The van der Waals surface area contributed by atoms with Gasteiger partial charge in [0.05, 0.1) is 22.4 Å². The molecular formula is C55H49GeIrN3O-2. The number of rotatable bonds is 7. The van der Waals surface area contributed by atoms with Crippen molar-refractivity contribution in [3.05, 3.63) is 181 Å². The van der Waals surface area contributed by atoms with Crippen molar-refractivity contribution < 1.29 is 24.5 Å². The normalized spacial score (nSPS) is 11.7. The Hall–Kier alpha value is -5.59. The predicted molar refractivity (Wildman–Crippen MR) is 255 cm³/mol. The van der Waals surface area contributed by atoms with Gasteiger partial charge in [-0.1, -0.05) is 87.2 Å². The fraction of sp³-hybridized carbons (Fsp3) is 0.164. The largest absolute Gasteiger partial charge is 0 e. The van der Waals surface area contributed by atoms with Crippen molar-refractivity contribution >= 4 is 61.4 Å². The monoisotopic (exact) mass is 1030 g/mol. The Morgan fingerprint density at radius 1 is 0.623 bits per heavy atom. The fourth-order valence-electron chi connectivity index (χ4n) is 8.48. The zero-order valence-corrected chi connectivity index (χ0v) is 40.2. The van der Waals surface area contributed by atoms with Crippen LogP contribution in [0.1, 0.15) is 50.7 Å². The van der Waals surface area contributed by atoms with E-state index in [0.717, 1.165) is 55.6 Å². The smallest absolute Gasteiger partial charge is 0 e. The number of nitrogens with zero attached hydrogens (tertiary/aromatic N) is 3. The molecule has 0 fully saturated rings. The van der Waals surface area contributed by atoms with Gasteiger partial charge in [0.15, 0.2) is 0 Å². The molecule has 3 aromatic heterocycles. The molecule has 0 saturated heterocycles. The van der Waals surface area contributed by atoms with E-state index in [-0.39, 0.29) is 20.1 Å². The predicted octanol–water partition coefficient (Wildman–Crippen LogP) is 14.6. The molecule has 1 radical (unpaired) electrons. The van der Waals surface area contributed by atoms with Crippen LogP contribution in [0.3, 0.4) is 0 Å². The van der Waals surface area contributed by atoms with Crippen molar-refractivity contribution in [3.8, 4) is 39.5 Å². The van der Waals surface area contributed by atoms with Gasteiger partial charge in [-0.3, -0.25) is 4.98 Å². The molecule has 0 spiro atoms. The van der Waals surface area contributed by atoms with Crippen LogP contribution in [0.5, 0.6) is 0 Å². The first kappa shape index (κ1) is 42.1. The third-order valence-electron chi connectivity index (χ3n) is 11.5. The summed E-state index contributed by atoms with van der Waals surface area (Å²) in [6.07, 6.45) is 2.12. The molecule has 10 aromatic rings. The Morgan fingerprint density at radius 3 is 2.03 bits per heavy atom. The van der Waals surface area contributed by atoms with Crippen LogP contribution in [0.15, 0.2) is 162 Å². The molecule has 0 unspecified atom stereocenters. The van der Waals surface area contributed by atoms with Crippen molar-refractivity contribution in [1.29, 1.82) is 0 Å². The minimum absolute atomic E-state index is 0. The molecule has 305 valence electrons. The van der Waals surface area contributed by atoms with E-state index in [2.05, 4.69) is 177 Å². The van der Waals surface area contributed by atoms with Crippen molar-refractivity contribution in [2.45, 2.75) is 56.8 Å². The summed E-state index contributed by atoms with van der Waals surface area (Å²) in [6.45, 7) is 9.03. The number of furan rings is 1. The number of hydrogen-bond acceptors (Lipinski definition) is 3. The molecule has 6 heteroatoms. The molecule has 0 aliphatic heterocycles. The van der Waals surface area contributed by atoms with Gasteiger partial charge in [-0.15, -0.1) is 18.2 Å². The Labute approximate surface area is 375 Å². The van der Waals surface area contributed by atoms with Gasteiger partial charge in [-0.25, -0.2) is 0 Å². The van der Waals surface area contributed by atoms with Crippen molar-refractivity contribution in [2.24, 2.45) is 0 Å². The van der Waals surface area contributed by atoms with Crippen LogP contribution in [0, 0.1) is 12.1 Å². The number of fused-ring (bicyclic) bond motifs is 5. The van der Waals surface area contributed by atoms with Crippen LogP contribution in [0.4, 0.5) is 0 Å². The van der Waals surface area contributed by atoms with E-state index < -0.39 is 13.3 Å². The van der Waals surface area contributed by atoms with Crippen molar-refractivity contribution in [2.75, 3.05) is 0 Å². The fourth-order valence-corrected chi connectivity index (χ4v) is 11.6. The van der Waals surface area contributed by atoms with Crippen LogP contribution < -0.4 is 4.40 Å². The summed E-state index contributed by atoms with van der Waals surface area (Å²) in [7, 11) is 0. The summed E-state index contributed by atoms with van der Waals surface area (Å²) in [5.41, 5.74) is 13.2. The van der Waals surface area contributed by atoms with Crippen LogP contribution in [-0.4, -0.2) is 27.8 Å². The molecule has 61 heavy (non-hydrogen) atoms. The number of benzene rings is 7. The Bertz CT molecular complexity index is 3120. The third kappa shape index (κ3) is 8.03. The number of para-hydroxylation sites is 4. The van der Waals surface area contributed by atoms with Gasteiger partial charge in [0.1, 0.15) is 5.58 Å². The van der Waals surface area contributed by atoms with E-state index in [9.17, 15) is 0 Å². The average Bonchev–Trinajstić information content (AvgIpc) is 3.85. The SMILES string of the molecule is CC(C)c1cccc(C(C)C)c1-n1c(-c2[c-]ccc3c2oc2ccccc23)nc2ccccc21.[CH3][Ge]([CH3])([CH3])[c]1cnc(-c2[c-]cccc2)cc1-c1cccc2ccccc12.[Ir]. The zero-order chi connectivity index (χ0) is 41.5. The summed E-state index contributed by atoms with van der Waals surface area (Å²) >= 11 is -2.09. The number of pyridine rings is 1. The van der Waals surface area contributed by atoms with E-state index >= 15 is 0 Å². The molecular weight excluding hydrogens is 983 g/mol. The quantitative estimate of drug-likeness (QED) is 0.118. The molecule has 10 rings (SSSR count). The summed E-state index contributed by atoms with van der Waals surface area (Å²) in [5, 5.41) is 4.78. The van der Waals surface area contributed by atoms with E-state index in [1.807, 2.05) is 42.5 Å². The summed E-state index contributed by atoms with van der Waals surface area (Å²) in [5.74, 6) is 8.89. The molecule has 0 aliphatic rings. The van der Waals surface area contributed by atoms with Crippen LogP contribution >= 0.6 is 0 Å². The minimum atomic E-state index is -2.09. The Morgan fingerprint density at radius 2 is 1.30 bits per heavy atom. The summed E-state index contributed by atoms with van der Waals surface area (Å²) in [6, 6.07) is 59.6. The number of aromatic nitrogens is 3. The molecule has 3 heterocycles. The van der Waals surface area contributed by atoms with Gasteiger partial charge in [0.25, 0.3) is 0 Å². The molecule has 0 bridgehead atoms. The van der Waals surface area contributed by atoms with Gasteiger partial charge >= 0.3 is 158 Å². The number of imidazole rings is 1. The Balaban J connectivity index is 0.000000172. The first-order chi connectivity index (χ1) is 29.1. The summed E-state index contributed by atoms with van der Waals surface area (Å²) < 4.78 is 10.2. The van der Waals surface area contributed by atoms with Crippen molar-refractivity contribution in [3.63, 3.8) is 0 Å². The van der Waals surface area contributed by atoms with Crippen LogP contribution in [-0.2, 0) is 20.1 Å². The van der Waals surface area contributed by atoms with Crippen molar-refractivity contribution in [1.82, 2.24) is 14.5 Å². The molecule has 0 amide bonds. The van der Waals surface area contributed by atoms with E-state index in [1.165, 1.54) is 43.1 Å². The van der Waals surface area contributed by atoms with Gasteiger partial charge in [0.2, 0.25) is 0 Å². The second-order valence-electron chi connectivity index (χ2n) is 17.2. The first-order valence-corrected chi connectivity index (χ1v) is 28.3. The third-order valence-corrected chi connectivity index (χ3v) is 15.7. The second-order valence-corrected chi connectivity index (χ2v) is 27.8. The number of hydrogen-bond donors (Lipinski definition) is 0. The molecule has 0 N–H and O–H groups in total. The maximum absolute atomic E-state index is 6.40. The van der Waals surface area contributed by atoms with Gasteiger partial charge < -0.3 is 8.98 Å². The van der Waals surface area contributed by atoms with Gasteiger partial charge in [0, 0.05) is 31.2 Å². The maximum Gasteiger partial charge on any atom is 0 e. The zero-order valence-electron chi connectivity index (χ0n) is 35.7. The molecule has 7 aromatic carbocycles. The average molecular weight is 1030 g/mol. The van der Waals surface area contributed by atoms with Gasteiger partial charge in [-0.05, 0) is 41.2 Å². The molecule has 0 saturated carbocycles. The topological polar surface area (TPSA) is 43.9 Å².